The summed E-state index contributed by atoms with van der Waals surface area (Å²) in [4.78, 5) is 28.9. The molecule has 0 saturated carbocycles. The monoisotopic (exact) mass is 603 g/mol. The highest BCUT2D eigenvalue weighted by Crippen LogP contribution is 2.33. The van der Waals surface area contributed by atoms with Gasteiger partial charge in [-0.25, -0.2) is 8.42 Å². The number of hydrogen-bond donors (Lipinski definition) is 1. The molecule has 1 atom stereocenters. The quantitative estimate of drug-likeness (QED) is 0.272. The van der Waals surface area contributed by atoms with Crippen LogP contribution in [0.2, 0.25) is 10.0 Å². The molecule has 10 heteroatoms. The second kappa shape index (κ2) is 14.0. The van der Waals surface area contributed by atoms with Crippen molar-refractivity contribution in [3.63, 3.8) is 0 Å². The summed E-state index contributed by atoms with van der Waals surface area (Å²) in [6, 6.07) is 19.0. The number of anilines is 1. The number of halogens is 2. The molecule has 0 radical (unpaired) electrons. The second-order valence-electron chi connectivity index (χ2n) is 9.93. The number of amides is 2. The lowest BCUT2D eigenvalue weighted by molar-refractivity contribution is -0.140. The Bertz CT molecular complexity index is 1430. The van der Waals surface area contributed by atoms with Crippen LogP contribution in [0.15, 0.2) is 77.7 Å². The minimum Gasteiger partial charge on any atom is -0.354 e. The summed E-state index contributed by atoms with van der Waals surface area (Å²) < 4.78 is 28.7. The predicted molar refractivity (Wildman–Crippen MR) is 161 cm³/mol. The number of aryl methyl sites for hydroxylation is 1. The van der Waals surface area contributed by atoms with Gasteiger partial charge in [0.25, 0.3) is 10.0 Å². The molecule has 0 aliphatic heterocycles. The molecule has 3 rings (SSSR count). The molecule has 0 aliphatic rings. The normalized spacial score (nSPS) is 12.2. The smallest absolute Gasteiger partial charge is 0.264 e. The first-order valence-electron chi connectivity index (χ1n) is 13.1. The zero-order valence-electron chi connectivity index (χ0n) is 23.1. The molecule has 0 fully saturated rings. The van der Waals surface area contributed by atoms with E-state index in [4.69, 9.17) is 23.2 Å². The van der Waals surface area contributed by atoms with Crippen molar-refractivity contribution >= 4 is 50.7 Å². The van der Waals surface area contributed by atoms with Crippen LogP contribution in [0.1, 0.15) is 38.3 Å². The second-order valence-corrected chi connectivity index (χ2v) is 12.6. The van der Waals surface area contributed by atoms with Gasteiger partial charge in [0.05, 0.1) is 15.6 Å². The van der Waals surface area contributed by atoms with Gasteiger partial charge in [-0.05, 0) is 60.7 Å². The lowest BCUT2D eigenvalue weighted by Gasteiger charge is -2.34. The maximum absolute atomic E-state index is 14.1. The molecule has 0 aliphatic carbocycles. The molecule has 7 nitrogen and oxygen atoms in total. The molecular formula is C30H35Cl2N3O4S. The molecule has 214 valence electrons. The molecule has 3 aromatic carbocycles. The number of carbonyl (C=O) groups excluding carboxylic acids is 2. The van der Waals surface area contributed by atoms with Crippen LogP contribution in [-0.4, -0.2) is 44.3 Å². The Morgan fingerprint density at radius 2 is 1.60 bits per heavy atom. The van der Waals surface area contributed by atoms with Gasteiger partial charge in [-0.15, -0.1) is 0 Å². The SMILES string of the molecule is CC[C@H](C(=O)NCC(C)C)N(Cc1ccccc1C)C(=O)CN(c1cc(Cl)ccc1Cl)S(=O)(=O)c1ccccc1. The Morgan fingerprint density at radius 1 is 0.950 bits per heavy atom. The average molecular weight is 605 g/mol. The Kier molecular flexibility index (Phi) is 11.0. The number of sulfonamides is 1. The van der Waals surface area contributed by atoms with Crippen molar-refractivity contribution in [1.82, 2.24) is 10.2 Å². The fourth-order valence-electron chi connectivity index (χ4n) is 4.22. The van der Waals surface area contributed by atoms with E-state index in [0.29, 0.717) is 13.0 Å². The first-order chi connectivity index (χ1) is 18.9. The van der Waals surface area contributed by atoms with Crippen LogP contribution in [-0.2, 0) is 26.2 Å². The van der Waals surface area contributed by atoms with Gasteiger partial charge in [0, 0.05) is 18.1 Å². The molecule has 0 aromatic heterocycles. The molecule has 1 N–H and O–H groups in total. The number of carbonyl (C=O) groups is 2. The summed E-state index contributed by atoms with van der Waals surface area (Å²) in [5, 5.41) is 3.30. The van der Waals surface area contributed by atoms with E-state index in [2.05, 4.69) is 5.32 Å². The van der Waals surface area contributed by atoms with Crippen molar-refractivity contribution in [3.05, 3.63) is 94.0 Å². The van der Waals surface area contributed by atoms with Crippen molar-refractivity contribution in [3.8, 4) is 0 Å². The largest absolute Gasteiger partial charge is 0.354 e. The highest BCUT2D eigenvalue weighted by molar-refractivity contribution is 7.92. The molecule has 0 heterocycles. The van der Waals surface area contributed by atoms with Crippen LogP contribution in [0.5, 0.6) is 0 Å². The van der Waals surface area contributed by atoms with E-state index in [1.165, 1.54) is 29.2 Å². The van der Waals surface area contributed by atoms with Crippen LogP contribution in [0.4, 0.5) is 5.69 Å². The van der Waals surface area contributed by atoms with Crippen LogP contribution in [0.3, 0.4) is 0 Å². The van der Waals surface area contributed by atoms with E-state index in [9.17, 15) is 18.0 Å². The molecule has 3 aromatic rings. The number of rotatable bonds is 12. The number of hydrogen-bond acceptors (Lipinski definition) is 4. The minimum absolute atomic E-state index is 0.00832. The fraction of sp³-hybridized carbons (Fsp3) is 0.333. The third kappa shape index (κ3) is 7.77. The van der Waals surface area contributed by atoms with E-state index in [0.717, 1.165) is 15.4 Å². The highest BCUT2D eigenvalue weighted by atomic mass is 35.5. The Hall–Kier alpha value is -3.07. The van der Waals surface area contributed by atoms with Crippen LogP contribution >= 0.6 is 23.2 Å². The maximum Gasteiger partial charge on any atom is 0.264 e. The van der Waals surface area contributed by atoms with E-state index < -0.39 is 28.5 Å². The van der Waals surface area contributed by atoms with Gasteiger partial charge < -0.3 is 10.2 Å². The molecular weight excluding hydrogens is 569 g/mol. The van der Waals surface area contributed by atoms with Crippen molar-refractivity contribution in [1.29, 1.82) is 0 Å². The van der Waals surface area contributed by atoms with Crippen LogP contribution < -0.4 is 9.62 Å². The van der Waals surface area contributed by atoms with E-state index in [-0.39, 0.29) is 39.0 Å². The molecule has 0 spiro atoms. The van der Waals surface area contributed by atoms with Crippen molar-refractivity contribution in [2.75, 3.05) is 17.4 Å². The Morgan fingerprint density at radius 3 is 2.23 bits per heavy atom. The molecule has 0 unspecified atom stereocenters. The topological polar surface area (TPSA) is 86.8 Å². The fourth-order valence-corrected chi connectivity index (χ4v) is 6.10. The first-order valence-corrected chi connectivity index (χ1v) is 15.3. The van der Waals surface area contributed by atoms with Gasteiger partial charge in [0.1, 0.15) is 12.6 Å². The Labute approximate surface area is 247 Å². The summed E-state index contributed by atoms with van der Waals surface area (Å²) in [5.41, 5.74) is 1.87. The van der Waals surface area contributed by atoms with Crippen LogP contribution in [0, 0.1) is 12.8 Å². The minimum atomic E-state index is -4.23. The van der Waals surface area contributed by atoms with E-state index in [1.807, 2.05) is 52.0 Å². The zero-order valence-corrected chi connectivity index (χ0v) is 25.4. The summed E-state index contributed by atoms with van der Waals surface area (Å²) >= 11 is 12.7. The van der Waals surface area contributed by atoms with Gasteiger partial charge in [-0.3, -0.25) is 13.9 Å². The first kappa shape index (κ1) is 31.5. The third-order valence-electron chi connectivity index (χ3n) is 6.46. The maximum atomic E-state index is 14.1. The molecule has 2 amide bonds. The third-order valence-corrected chi connectivity index (χ3v) is 8.79. The number of nitrogens with zero attached hydrogens (tertiary/aromatic N) is 2. The van der Waals surface area contributed by atoms with Gasteiger partial charge in [0.15, 0.2) is 0 Å². The van der Waals surface area contributed by atoms with Crippen LogP contribution in [0.25, 0.3) is 0 Å². The summed E-state index contributed by atoms with van der Waals surface area (Å²) in [5.74, 6) is -0.625. The predicted octanol–water partition coefficient (Wildman–Crippen LogP) is 6.08. The van der Waals surface area contributed by atoms with Crippen molar-refractivity contribution in [2.45, 2.75) is 51.6 Å². The lowest BCUT2D eigenvalue weighted by Crippen LogP contribution is -2.52. The number of nitrogens with one attached hydrogen (secondary N) is 1. The standard InChI is InChI=1S/C30H35Cl2N3O4S/c1-5-27(30(37)33-18-21(2)3)34(19-23-12-10-9-11-22(23)4)29(36)20-35(28-17-24(31)15-16-26(28)32)40(38,39)25-13-7-6-8-14-25/h6-17,21,27H,5,18-20H2,1-4H3,(H,33,37)/t27-/m1/s1. The van der Waals surface area contributed by atoms with Crippen molar-refractivity contribution < 1.29 is 18.0 Å². The number of benzene rings is 3. The summed E-state index contributed by atoms with van der Waals surface area (Å²) in [6.45, 7) is 7.71. The van der Waals surface area contributed by atoms with Gasteiger partial charge in [-0.1, -0.05) is 86.4 Å². The Balaban J connectivity index is 2.09. The van der Waals surface area contributed by atoms with Gasteiger partial charge in [0.2, 0.25) is 11.8 Å². The van der Waals surface area contributed by atoms with Crippen molar-refractivity contribution in [2.24, 2.45) is 5.92 Å². The molecule has 40 heavy (non-hydrogen) atoms. The lowest BCUT2D eigenvalue weighted by atomic mass is 10.1. The zero-order chi connectivity index (χ0) is 29.4. The molecule has 0 saturated heterocycles. The van der Waals surface area contributed by atoms with Gasteiger partial charge in [-0.2, -0.15) is 0 Å². The van der Waals surface area contributed by atoms with E-state index in [1.54, 1.807) is 24.3 Å². The average Bonchev–Trinajstić information content (AvgIpc) is 2.93. The summed E-state index contributed by atoms with van der Waals surface area (Å²) in [7, 11) is -4.23. The highest BCUT2D eigenvalue weighted by Gasteiger charge is 2.34. The van der Waals surface area contributed by atoms with Gasteiger partial charge >= 0.3 is 0 Å². The molecule has 0 bridgehead atoms. The summed E-state index contributed by atoms with van der Waals surface area (Å²) in [6.07, 6.45) is 0.338. The van der Waals surface area contributed by atoms with E-state index >= 15 is 0 Å².